The van der Waals surface area contributed by atoms with Crippen LogP contribution in [0.2, 0.25) is 0 Å². The number of carbonyl (C=O) groups excluding carboxylic acids is 1. The molecule has 0 aromatic heterocycles. The smallest absolute Gasteiger partial charge is 0.192 e. The first kappa shape index (κ1) is 4.45. The van der Waals surface area contributed by atoms with Crippen molar-refractivity contribution in [1.29, 1.82) is 0 Å². The van der Waals surface area contributed by atoms with Gasteiger partial charge in [0.05, 0.1) is 10.2 Å². The van der Waals surface area contributed by atoms with Crippen LogP contribution in [0.4, 0.5) is 0 Å². The van der Waals surface area contributed by atoms with Crippen LogP contribution >= 0.6 is 0 Å². The molecule has 5 heavy (non-hydrogen) atoms. The summed E-state index contributed by atoms with van der Waals surface area (Å²) in [4.78, 5) is 9.25. The van der Waals surface area contributed by atoms with Crippen molar-refractivity contribution in [2.75, 3.05) is 0 Å². The van der Waals surface area contributed by atoms with Crippen molar-refractivity contribution in [3.05, 3.63) is 0 Å². The van der Waals surface area contributed by atoms with Crippen LogP contribution in [0, 0.1) is 11.5 Å². The maximum Gasteiger partial charge on any atom is 0.192 e. The lowest BCUT2D eigenvalue weighted by molar-refractivity contribution is -0.103. The Morgan fingerprint density at radius 1 is 1.80 bits per heavy atom. The summed E-state index contributed by atoms with van der Waals surface area (Å²) >= 11 is 0. The van der Waals surface area contributed by atoms with Crippen LogP contribution in [0.15, 0.2) is 0 Å². The van der Waals surface area contributed by atoms with Crippen molar-refractivity contribution < 1.29 is 4.79 Å². The molecule has 0 rings (SSSR count). The molecule has 0 fully saturated rings. The third kappa shape index (κ3) is 3.45. The molecule has 0 amide bonds. The van der Waals surface area contributed by atoms with Crippen LogP contribution in [0.25, 0.3) is 0 Å². The van der Waals surface area contributed by atoms with E-state index < -0.39 is 0 Å². The van der Waals surface area contributed by atoms with E-state index in [-0.39, 0.29) is 0 Å². The summed E-state index contributed by atoms with van der Waals surface area (Å²) in [6.07, 6.45) is 0.604. The second kappa shape index (κ2) is 3.45. The van der Waals surface area contributed by atoms with Gasteiger partial charge in [0, 0.05) is 0 Å². The average molecular weight is 84.1 g/mol. The van der Waals surface area contributed by atoms with E-state index in [1.807, 2.05) is 0 Å². The van der Waals surface area contributed by atoms with Crippen LogP contribution < -0.4 is 0 Å². The molecule has 0 aliphatic rings. The second-order valence-corrected chi connectivity index (χ2v) is 1.01. The molecule has 2 heteroatoms. The second-order valence-electron chi connectivity index (χ2n) is 0.512. The van der Waals surface area contributed by atoms with Gasteiger partial charge < -0.3 is 0 Å². The van der Waals surface area contributed by atoms with Gasteiger partial charge in [0.15, 0.2) is 6.29 Å². The molecule has 0 unspecified atom stereocenters. The highest BCUT2D eigenvalue weighted by molar-refractivity contribution is 6.23. The fourth-order valence-electron chi connectivity index (χ4n) is 0.0589. The highest BCUT2D eigenvalue weighted by Gasteiger charge is 1.43. The summed E-state index contributed by atoms with van der Waals surface area (Å²) in [5.74, 6) is 2.24. The van der Waals surface area contributed by atoms with Crippen molar-refractivity contribution in [1.82, 2.24) is 0 Å². The number of carbonyl (C=O) groups is 1. The maximum absolute atomic E-state index is 9.25. The van der Waals surface area contributed by atoms with E-state index in [4.69, 9.17) is 0 Å². The van der Waals surface area contributed by atoms with Crippen LogP contribution in [-0.4, -0.2) is 16.5 Å². The van der Waals surface area contributed by atoms with Gasteiger partial charge in [-0.25, -0.2) is 0 Å². The molecular weight excluding hydrogens is 80.1 g/mol. The van der Waals surface area contributed by atoms with E-state index >= 15 is 0 Å². The highest BCUT2D eigenvalue weighted by Crippen LogP contribution is 1.30. The molecule has 0 spiro atoms. The number of hydrogen-bond donors (Lipinski definition) is 0. The molecule has 26 valence electrons. The van der Waals surface area contributed by atoms with E-state index in [2.05, 4.69) is 11.5 Å². The van der Waals surface area contributed by atoms with Gasteiger partial charge >= 0.3 is 0 Å². The van der Waals surface area contributed by atoms with E-state index in [1.165, 1.54) is 0 Å². The van der Waals surface area contributed by atoms with Crippen LogP contribution in [0.1, 0.15) is 0 Å². The molecule has 0 aromatic carbocycles. The largest absolute Gasteiger partial charge is 0.289 e. The third-order valence-corrected chi connectivity index (χ3v) is 0.492. The van der Waals surface area contributed by atoms with Gasteiger partial charge in [0.25, 0.3) is 0 Å². The molecule has 1 nitrogen and oxygen atoms in total. The molecule has 0 saturated heterocycles. The molecule has 0 heterocycles. The van der Waals surface area contributed by atoms with Crippen molar-refractivity contribution in [2.45, 2.75) is 0 Å². The zero-order valence-corrected chi connectivity index (χ0v) is 4.99. The number of rotatable bonds is 0. The Kier molecular flexibility index (Phi) is 3.07. The normalized spacial score (nSPS) is 4.80. The average Bonchev–Trinajstić information content (AvgIpc) is 1.41. The van der Waals surface area contributed by atoms with Crippen molar-refractivity contribution in [2.24, 2.45) is 0 Å². The fourth-order valence-corrected chi connectivity index (χ4v) is 0.177. The van der Waals surface area contributed by atoms with Gasteiger partial charge in [-0.1, -0.05) is 0 Å². The minimum absolute atomic E-state index is 0.604. The molecule has 0 atom stereocenters. The van der Waals surface area contributed by atoms with Crippen LogP contribution in [0.3, 0.4) is 0 Å². The van der Waals surface area contributed by atoms with Gasteiger partial charge in [-0.3, -0.25) is 4.79 Å². The summed E-state index contributed by atoms with van der Waals surface area (Å²) in [7, 11) is 0.806. The van der Waals surface area contributed by atoms with Gasteiger partial charge in [-0.15, -0.1) is 5.54 Å². The van der Waals surface area contributed by atoms with E-state index in [0.29, 0.717) is 6.29 Å². The Hall–Kier alpha value is -0.553. The Balaban J connectivity index is 3.16. The van der Waals surface area contributed by atoms with Gasteiger partial charge in [0.2, 0.25) is 0 Å². The first-order chi connectivity index (χ1) is 2.41. The van der Waals surface area contributed by atoms with Crippen LogP contribution in [0.5, 0.6) is 0 Å². The number of aldehydes is 1. The Labute approximate surface area is 33.8 Å². The molecular formula is C3H4OSi. The Morgan fingerprint density at radius 2 is 2.40 bits per heavy atom. The quantitative estimate of drug-likeness (QED) is 0.198. The van der Waals surface area contributed by atoms with Gasteiger partial charge in [0.1, 0.15) is 0 Å². The highest BCUT2D eigenvalue weighted by atomic mass is 28.1. The van der Waals surface area contributed by atoms with Gasteiger partial charge in [-0.05, 0) is 5.92 Å². The van der Waals surface area contributed by atoms with Crippen molar-refractivity contribution >= 4 is 16.5 Å². The molecule has 0 aromatic rings. The minimum Gasteiger partial charge on any atom is -0.289 e. The zero-order chi connectivity index (χ0) is 4.12. The topological polar surface area (TPSA) is 17.1 Å². The lowest BCUT2D eigenvalue weighted by atomic mass is 10.8. The Bertz CT molecular complexity index is 76.6. The summed E-state index contributed by atoms with van der Waals surface area (Å²) in [6, 6.07) is 0. The summed E-state index contributed by atoms with van der Waals surface area (Å²) in [5, 5.41) is 0. The van der Waals surface area contributed by atoms with Gasteiger partial charge in [-0.2, -0.15) is 0 Å². The third-order valence-electron chi connectivity index (χ3n) is 0.203. The zero-order valence-electron chi connectivity index (χ0n) is 2.99. The van der Waals surface area contributed by atoms with Crippen molar-refractivity contribution in [3.8, 4) is 11.5 Å². The lowest BCUT2D eigenvalue weighted by Crippen LogP contribution is -1.56. The van der Waals surface area contributed by atoms with Crippen molar-refractivity contribution in [3.63, 3.8) is 0 Å². The van der Waals surface area contributed by atoms with E-state index in [9.17, 15) is 4.79 Å². The molecule has 0 aliphatic carbocycles. The fraction of sp³-hybridized carbons (Fsp3) is 0. The monoisotopic (exact) mass is 84.0 g/mol. The predicted octanol–water partition coefficient (Wildman–Crippen LogP) is -1.49. The molecule has 0 N–H and O–H groups in total. The van der Waals surface area contributed by atoms with Crippen LogP contribution in [-0.2, 0) is 4.79 Å². The predicted molar refractivity (Wildman–Crippen MR) is 23.8 cm³/mol. The minimum atomic E-state index is 0.604. The lowest BCUT2D eigenvalue weighted by Gasteiger charge is -1.42. The molecule has 0 radical (unpaired) electrons. The molecule has 0 bridgehead atoms. The Morgan fingerprint density at radius 3 is 2.40 bits per heavy atom. The van der Waals surface area contributed by atoms with E-state index in [0.717, 1.165) is 10.2 Å². The summed E-state index contributed by atoms with van der Waals surface area (Å²) in [6.45, 7) is 0. The standard InChI is InChI=1S/C3H4OSi/c4-2-1-3-5/h2H,5H3. The molecule has 0 aliphatic heterocycles. The maximum atomic E-state index is 9.25. The molecule has 0 saturated carbocycles. The summed E-state index contributed by atoms with van der Waals surface area (Å²) < 4.78 is 0. The SMILES string of the molecule is O=CC#C[SiH3]. The number of hydrogen-bond acceptors (Lipinski definition) is 1. The summed E-state index contributed by atoms with van der Waals surface area (Å²) in [5.41, 5.74) is 2.54. The van der Waals surface area contributed by atoms with E-state index in [1.54, 1.807) is 0 Å². The first-order valence-corrected chi connectivity index (χ1v) is 2.27. The first-order valence-electron chi connectivity index (χ1n) is 1.27.